The van der Waals surface area contributed by atoms with Crippen molar-refractivity contribution in [3.8, 4) is 11.5 Å². The van der Waals surface area contributed by atoms with Crippen molar-refractivity contribution >= 4 is 5.91 Å². The average Bonchev–Trinajstić information content (AvgIpc) is 2.55. The van der Waals surface area contributed by atoms with Gasteiger partial charge in [-0.05, 0) is 42.2 Å². The van der Waals surface area contributed by atoms with Crippen molar-refractivity contribution in [1.29, 1.82) is 0 Å². The number of nitrogens with one attached hydrogen (secondary N) is 1. The monoisotopic (exact) mass is 313 g/mol. The van der Waals surface area contributed by atoms with E-state index < -0.39 is 0 Å². The number of methoxy groups -OCH3 is 2. The second-order valence-electron chi connectivity index (χ2n) is 5.50. The van der Waals surface area contributed by atoms with Crippen LogP contribution in [0.2, 0.25) is 0 Å². The van der Waals surface area contributed by atoms with Gasteiger partial charge < -0.3 is 14.8 Å². The lowest BCUT2D eigenvalue weighted by Crippen LogP contribution is -2.27. The molecule has 0 aliphatic rings. The number of carbonyl (C=O) groups excluding carboxylic acids is 1. The van der Waals surface area contributed by atoms with Crippen LogP contribution in [0.3, 0.4) is 0 Å². The molecule has 1 amide bonds. The van der Waals surface area contributed by atoms with E-state index in [2.05, 4.69) is 24.4 Å². The third-order valence-electron chi connectivity index (χ3n) is 3.87. The van der Waals surface area contributed by atoms with E-state index in [9.17, 15) is 4.79 Å². The number of hydrogen-bond donors (Lipinski definition) is 1. The zero-order chi connectivity index (χ0) is 16.8. The van der Waals surface area contributed by atoms with Gasteiger partial charge in [0.25, 0.3) is 0 Å². The maximum atomic E-state index is 11.6. The Kier molecular flexibility index (Phi) is 5.63. The van der Waals surface area contributed by atoms with Gasteiger partial charge in [0.05, 0.1) is 20.3 Å². The maximum Gasteiger partial charge on any atom is 0.217 e. The van der Waals surface area contributed by atoms with Crippen LogP contribution in [0.5, 0.6) is 11.5 Å². The van der Waals surface area contributed by atoms with Crippen molar-refractivity contribution in [1.82, 2.24) is 5.32 Å². The van der Waals surface area contributed by atoms with Gasteiger partial charge >= 0.3 is 0 Å². The first kappa shape index (κ1) is 16.9. The van der Waals surface area contributed by atoms with E-state index in [0.717, 1.165) is 12.0 Å². The second kappa shape index (κ2) is 7.68. The van der Waals surface area contributed by atoms with E-state index in [1.54, 1.807) is 14.2 Å². The first-order valence-electron chi connectivity index (χ1n) is 7.58. The molecule has 4 nitrogen and oxygen atoms in total. The number of rotatable bonds is 6. The highest BCUT2D eigenvalue weighted by Crippen LogP contribution is 2.31. The second-order valence-corrected chi connectivity index (χ2v) is 5.50. The molecule has 0 saturated heterocycles. The lowest BCUT2D eigenvalue weighted by molar-refractivity contribution is -0.119. The third-order valence-corrected chi connectivity index (χ3v) is 3.87. The Labute approximate surface area is 137 Å². The summed E-state index contributed by atoms with van der Waals surface area (Å²) in [4.78, 5) is 11.6. The molecule has 2 rings (SSSR count). The third kappa shape index (κ3) is 4.25. The SMILES string of the molecule is COc1ccc([C@H](Cc2ccccc2C)NC(C)=O)cc1OC. The zero-order valence-electron chi connectivity index (χ0n) is 14.1. The van der Waals surface area contributed by atoms with Gasteiger partial charge in [-0.25, -0.2) is 0 Å². The molecule has 0 aliphatic carbocycles. The van der Waals surface area contributed by atoms with Crippen molar-refractivity contribution in [2.45, 2.75) is 26.3 Å². The minimum Gasteiger partial charge on any atom is -0.493 e. The van der Waals surface area contributed by atoms with Crippen LogP contribution in [-0.4, -0.2) is 20.1 Å². The highest BCUT2D eigenvalue weighted by atomic mass is 16.5. The smallest absolute Gasteiger partial charge is 0.217 e. The highest BCUT2D eigenvalue weighted by molar-refractivity contribution is 5.73. The fraction of sp³-hybridized carbons (Fsp3) is 0.316. The Morgan fingerprint density at radius 3 is 2.39 bits per heavy atom. The van der Waals surface area contributed by atoms with Crippen molar-refractivity contribution in [2.24, 2.45) is 0 Å². The Morgan fingerprint density at radius 2 is 1.78 bits per heavy atom. The molecule has 0 unspecified atom stereocenters. The fourth-order valence-corrected chi connectivity index (χ4v) is 2.63. The van der Waals surface area contributed by atoms with Crippen LogP contribution < -0.4 is 14.8 Å². The molecule has 0 aliphatic heterocycles. The van der Waals surface area contributed by atoms with Crippen LogP contribution in [0.25, 0.3) is 0 Å². The molecule has 1 atom stereocenters. The van der Waals surface area contributed by atoms with Gasteiger partial charge in [0.2, 0.25) is 5.91 Å². The molecule has 2 aromatic carbocycles. The van der Waals surface area contributed by atoms with Gasteiger partial charge in [-0.2, -0.15) is 0 Å². The van der Waals surface area contributed by atoms with E-state index in [1.165, 1.54) is 18.1 Å². The first-order valence-corrected chi connectivity index (χ1v) is 7.58. The molecule has 0 saturated carbocycles. The summed E-state index contributed by atoms with van der Waals surface area (Å²) in [6.07, 6.45) is 0.724. The first-order chi connectivity index (χ1) is 11.0. The molecule has 1 N–H and O–H groups in total. The minimum absolute atomic E-state index is 0.0571. The van der Waals surface area contributed by atoms with Gasteiger partial charge in [-0.1, -0.05) is 30.3 Å². The Balaban J connectivity index is 2.35. The molecule has 0 radical (unpaired) electrons. The molecule has 122 valence electrons. The fourth-order valence-electron chi connectivity index (χ4n) is 2.63. The largest absolute Gasteiger partial charge is 0.493 e. The van der Waals surface area contributed by atoms with E-state index in [-0.39, 0.29) is 11.9 Å². The highest BCUT2D eigenvalue weighted by Gasteiger charge is 2.17. The maximum absolute atomic E-state index is 11.6. The summed E-state index contributed by atoms with van der Waals surface area (Å²) in [6, 6.07) is 13.8. The number of benzene rings is 2. The summed E-state index contributed by atoms with van der Waals surface area (Å²) in [5.41, 5.74) is 3.41. The summed E-state index contributed by atoms with van der Waals surface area (Å²) in [5.74, 6) is 1.28. The van der Waals surface area contributed by atoms with E-state index >= 15 is 0 Å². The standard InChI is InChI=1S/C19H23NO3/c1-13-7-5-6-8-15(13)11-17(20-14(2)21)16-9-10-18(22-3)19(12-16)23-4/h5-10,12,17H,11H2,1-4H3,(H,20,21)/t17-/m0/s1. The molecule has 4 heteroatoms. The topological polar surface area (TPSA) is 47.6 Å². The summed E-state index contributed by atoms with van der Waals surface area (Å²) in [6.45, 7) is 3.61. The van der Waals surface area contributed by atoms with Crippen LogP contribution in [0.15, 0.2) is 42.5 Å². The Morgan fingerprint density at radius 1 is 1.09 bits per heavy atom. The van der Waals surface area contributed by atoms with Crippen LogP contribution in [-0.2, 0) is 11.2 Å². The van der Waals surface area contributed by atoms with Crippen molar-refractivity contribution in [2.75, 3.05) is 14.2 Å². The number of ether oxygens (including phenoxy) is 2. The molecular formula is C19H23NO3. The van der Waals surface area contributed by atoms with Crippen molar-refractivity contribution in [3.63, 3.8) is 0 Å². The molecular weight excluding hydrogens is 290 g/mol. The normalized spacial score (nSPS) is 11.7. The molecule has 0 aromatic heterocycles. The summed E-state index contributed by atoms with van der Waals surface area (Å²) < 4.78 is 10.6. The van der Waals surface area contributed by atoms with Crippen LogP contribution in [0, 0.1) is 6.92 Å². The minimum atomic E-state index is -0.117. The summed E-state index contributed by atoms with van der Waals surface area (Å²) in [5, 5.41) is 3.03. The molecule has 23 heavy (non-hydrogen) atoms. The zero-order valence-corrected chi connectivity index (χ0v) is 14.1. The number of hydrogen-bond acceptors (Lipinski definition) is 3. The van der Waals surface area contributed by atoms with Crippen LogP contribution in [0.4, 0.5) is 0 Å². The average molecular weight is 313 g/mol. The van der Waals surface area contributed by atoms with E-state index in [4.69, 9.17) is 9.47 Å². The lowest BCUT2D eigenvalue weighted by atomic mass is 9.95. The number of aryl methyl sites for hydroxylation is 1. The summed E-state index contributed by atoms with van der Waals surface area (Å²) >= 11 is 0. The number of carbonyl (C=O) groups is 1. The van der Waals surface area contributed by atoms with Gasteiger partial charge in [-0.3, -0.25) is 4.79 Å². The van der Waals surface area contributed by atoms with Gasteiger partial charge in [0.1, 0.15) is 0 Å². The molecule has 0 bridgehead atoms. The van der Waals surface area contributed by atoms with Gasteiger partial charge in [-0.15, -0.1) is 0 Å². The van der Waals surface area contributed by atoms with Crippen molar-refractivity contribution < 1.29 is 14.3 Å². The predicted molar refractivity (Wildman–Crippen MR) is 91.0 cm³/mol. The molecule has 0 fully saturated rings. The van der Waals surface area contributed by atoms with Crippen LogP contribution in [0.1, 0.15) is 29.7 Å². The van der Waals surface area contributed by atoms with Crippen molar-refractivity contribution in [3.05, 3.63) is 59.2 Å². The van der Waals surface area contributed by atoms with E-state index in [1.807, 2.05) is 30.3 Å². The Hall–Kier alpha value is -2.49. The quantitative estimate of drug-likeness (QED) is 0.889. The lowest BCUT2D eigenvalue weighted by Gasteiger charge is -2.21. The number of amides is 1. The van der Waals surface area contributed by atoms with Gasteiger partial charge in [0.15, 0.2) is 11.5 Å². The molecule has 0 heterocycles. The van der Waals surface area contributed by atoms with Crippen LogP contribution >= 0.6 is 0 Å². The molecule has 2 aromatic rings. The van der Waals surface area contributed by atoms with Gasteiger partial charge in [0, 0.05) is 6.92 Å². The predicted octanol–water partition coefficient (Wildman–Crippen LogP) is 3.43. The Bertz CT molecular complexity index is 682. The molecule has 0 spiro atoms. The summed E-state index contributed by atoms with van der Waals surface area (Å²) in [7, 11) is 3.21. The van der Waals surface area contributed by atoms with E-state index in [0.29, 0.717) is 11.5 Å².